The summed E-state index contributed by atoms with van der Waals surface area (Å²) in [6.45, 7) is 4.54. The van der Waals surface area contributed by atoms with E-state index in [9.17, 15) is 4.79 Å². The number of ether oxygens (including phenoxy) is 1. The normalized spacial score (nSPS) is 16.7. The molecule has 21 heavy (non-hydrogen) atoms. The first-order valence-corrected chi connectivity index (χ1v) is 7.36. The molecule has 0 aromatic heterocycles. The van der Waals surface area contributed by atoms with Gasteiger partial charge in [-0.25, -0.2) is 0 Å². The second-order valence-corrected chi connectivity index (χ2v) is 5.33. The number of carbonyl (C=O) groups excluding carboxylic acids is 1. The van der Waals surface area contributed by atoms with Crippen molar-refractivity contribution in [1.29, 1.82) is 0 Å². The van der Waals surface area contributed by atoms with Gasteiger partial charge in [0.15, 0.2) is 0 Å². The SMILES string of the molecule is CC(Nc1cccc2ccccc12)C(=O)N1CCOCC1. The fraction of sp³-hybridized carbons (Fsp3) is 0.353. The zero-order chi connectivity index (χ0) is 14.7. The Balaban J connectivity index is 1.76. The van der Waals surface area contributed by atoms with Gasteiger partial charge in [0.05, 0.1) is 13.2 Å². The van der Waals surface area contributed by atoms with Crippen molar-refractivity contribution in [3.05, 3.63) is 42.5 Å². The average molecular weight is 284 g/mol. The lowest BCUT2D eigenvalue weighted by atomic mass is 10.1. The van der Waals surface area contributed by atoms with Crippen LogP contribution < -0.4 is 5.32 Å². The molecule has 0 saturated carbocycles. The quantitative estimate of drug-likeness (QED) is 0.941. The molecule has 1 heterocycles. The van der Waals surface area contributed by atoms with E-state index in [-0.39, 0.29) is 11.9 Å². The Kier molecular flexibility index (Phi) is 4.06. The van der Waals surface area contributed by atoms with Gasteiger partial charge in [-0.05, 0) is 18.4 Å². The van der Waals surface area contributed by atoms with Gasteiger partial charge in [0.2, 0.25) is 5.91 Å². The second-order valence-electron chi connectivity index (χ2n) is 5.33. The summed E-state index contributed by atoms with van der Waals surface area (Å²) in [5, 5.41) is 5.66. The maximum absolute atomic E-state index is 12.4. The molecule has 0 aliphatic carbocycles. The zero-order valence-corrected chi connectivity index (χ0v) is 12.2. The first-order chi connectivity index (χ1) is 10.3. The van der Waals surface area contributed by atoms with Gasteiger partial charge < -0.3 is 15.0 Å². The van der Waals surface area contributed by atoms with Crippen molar-refractivity contribution in [2.45, 2.75) is 13.0 Å². The van der Waals surface area contributed by atoms with Gasteiger partial charge in [-0.2, -0.15) is 0 Å². The van der Waals surface area contributed by atoms with Crippen LogP contribution >= 0.6 is 0 Å². The third kappa shape index (κ3) is 3.00. The summed E-state index contributed by atoms with van der Waals surface area (Å²) in [5.41, 5.74) is 1.00. The summed E-state index contributed by atoms with van der Waals surface area (Å²) in [6, 6.07) is 14.1. The maximum Gasteiger partial charge on any atom is 0.244 e. The third-order valence-electron chi connectivity index (χ3n) is 3.85. The molecular formula is C17H20N2O2. The molecule has 4 heteroatoms. The van der Waals surface area contributed by atoms with Crippen LogP contribution in [0.15, 0.2) is 42.5 Å². The molecule has 3 rings (SSSR count). The standard InChI is InChI=1S/C17H20N2O2/c1-13(17(20)19-9-11-21-12-10-19)18-16-8-4-6-14-5-2-3-7-15(14)16/h2-8,13,18H,9-12H2,1H3. The minimum Gasteiger partial charge on any atom is -0.378 e. The number of amides is 1. The van der Waals surface area contributed by atoms with Crippen LogP contribution in [-0.2, 0) is 9.53 Å². The average Bonchev–Trinajstić information content (AvgIpc) is 2.55. The van der Waals surface area contributed by atoms with Gasteiger partial charge in [0.1, 0.15) is 6.04 Å². The Bertz CT molecular complexity index is 630. The van der Waals surface area contributed by atoms with E-state index in [1.165, 1.54) is 5.39 Å². The number of nitrogens with one attached hydrogen (secondary N) is 1. The fourth-order valence-electron chi connectivity index (χ4n) is 2.70. The van der Waals surface area contributed by atoms with Gasteiger partial charge >= 0.3 is 0 Å². The van der Waals surface area contributed by atoms with E-state index in [1.807, 2.05) is 36.1 Å². The van der Waals surface area contributed by atoms with Crippen LogP contribution in [0.3, 0.4) is 0 Å². The van der Waals surface area contributed by atoms with E-state index < -0.39 is 0 Å². The lowest BCUT2D eigenvalue weighted by Gasteiger charge is -2.30. The lowest BCUT2D eigenvalue weighted by molar-refractivity contribution is -0.135. The number of morpholine rings is 1. The highest BCUT2D eigenvalue weighted by molar-refractivity contribution is 5.95. The van der Waals surface area contributed by atoms with Crippen LogP contribution in [0.4, 0.5) is 5.69 Å². The summed E-state index contributed by atoms with van der Waals surface area (Å²) in [7, 11) is 0. The van der Waals surface area contributed by atoms with Crippen molar-refractivity contribution in [1.82, 2.24) is 4.90 Å². The molecule has 0 spiro atoms. The van der Waals surface area contributed by atoms with Crippen molar-refractivity contribution in [3.63, 3.8) is 0 Å². The molecule has 1 fully saturated rings. The Labute approximate surface area is 124 Å². The monoisotopic (exact) mass is 284 g/mol. The third-order valence-corrected chi connectivity index (χ3v) is 3.85. The number of rotatable bonds is 3. The highest BCUT2D eigenvalue weighted by Crippen LogP contribution is 2.23. The summed E-state index contributed by atoms with van der Waals surface area (Å²) in [5.74, 6) is 0.131. The first kappa shape index (κ1) is 13.9. The van der Waals surface area contributed by atoms with Crippen LogP contribution in [0.1, 0.15) is 6.92 Å². The summed E-state index contributed by atoms with van der Waals surface area (Å²) in [4.78, 5) is 14.3. The summed E-state index contributed by atoms with van der Waals surface area (Å²) < 4.78 is 5.29. The van der Waals surface area contributed by atoms with E-state index >= 15 is 0 Å². The molecule has 4 nitrogen and oxygen atoms in total. The predicted molar refractivity (Wildman–Crippen MR) is 84.4 cm³/mol. The van der Waals surface area contributed by atoms with E-state index in [0.29, 0.717) is 26.3 Å². The van der Waals surface area contributed by atoms with Crippen molar-refractivity contribution >= 4 is 22.4 Å². The number of benzene rings is 2. The second kappa shape index (κ2) is 6.14. The van der Waals surface area contributed by atoms with Crippen LogP contribution in [-0.4, -0.2) is 43.2 Å². The van der Waals surface area contributed by atoms with E-state index in [0.717, 1.165) is 11.1 Å². The predicted octanol–water partition coefficient (Wildman–Crippen LogP) is 2.50. The molecule has 0 bridgehead atoms. The molecule has 2 aromatic rings. The van der Waals surface area contributed by atoms with Crippen molar-refractivity contribution in [3.8, 4) is 0 Å². The fourth-order valence-corrected chi connectivity index (χ4v) is 2.70. The minimum absolute atomic E-state index is 0.131. The largest absolute Gasteiger partial charge is 0.378 e. The zero-order valence-electron chi connectivity index (χ0n) is 12.2. The molecule has 1 aliphatic rings. The molecule has 110 valence electrons. The topological polar surface area (TPSA) is 41.6 Å². The van der Waals surface area contributed by atoms with Crippen molar-refractivity contribution in [2.24, 2.45) is 0 Å². The van der Waals surface area contributed by atoms with Gasteiger partial charge in [0.25, 0.3) is 0 Å². The Morgan fingerprint density at radius 1 is 1.14 bits per heavy atom. The number of hydrogen-bond donors (Lipinski definition) is 1. The Hall–Kier alpha value is -2.07. The van der Waals surface area contributed by atoms with E-state index in [2.05, 4.69) is 23.5 Å². The molecule has 0 radical (unpaired) electrons. The Morgan fingerprint density at radius 3 is 2.67 bits per heavy atom. The number of anilines is 1. The first-order valence-electron chi connectivity index (χ1n) is 7.36. The number of carbonyl (C=O) groups is 1. The van der Waals surface area contributed by atoms with Crippen LogP contribution in [0.25, 0.3) is 10.8 Å². The van der Waals surface area contributed by atoms with Gasteiger partial charge in [-0.3, -0.25) is 4.79 Å². The molecule has 1 N–H and O–H groups in total. The van der Waals surface area contributed by atoms with Gasteiger partial charge in [-0.1, -0.05) is 36.4 Å². The van der Waals surface area contributed by atoms with E-state index in [4.69, 9.17) is 4.74 Å². The highest BCUT2D eigenvalue weighted by Gasteiger charge is 2.22. The maximum atomic E-state index is 12.4. The molecule has 2 aromatic carbocycles. The van der Waals surface area contributed by atoms with Gasteiger partial charge in [-0.15, -0.1) is 0 Å². The molecule has 1 saturated heterocycles. The molecule has 1 atom stereocenters. The summed E-state index contributed by atoms with van der Waals surface area (Å²) in [6.07, 6.45) is 0. The number of hydrogen-bond acceptors (Lipinski definition) is 3. The van der Waals surface area contributed by atoms with Gasteiger partial charge in [0, 0.05) is 24.2 Å². The molecule has 1 amide bonds. The lowest BCUT2D eigenvalue weighted by Crippen LogP contribution is -2.47. The summed E-state index contributed by atoms with van der Waals surface area (Å²) >= 11 is 0. The smallest absolute Gasteiger partial charge is 0.244 e. The number of fused-ring (bicyclic) bond motifs is 1. The van der Waals surface area contributed by atoms with Crippen molar-refractivity contribution < 1.29 is 9.53 Å². The minimum atomic E-state index is -0.242. The van der Waals surface area contributed by atoms with Crippen LogP contribution in [0, 0.1) is 0 Å². The molecule has 1 aliphatic heterocycles. The van der Waals surface area contributed by atoms with Crippen LogP contribution in [0.5, 0.6) is 0 Å². The van der Waals surface area contributed by atoms with E-state index in [1.54, 1.807) is 0 Å². The van der Waals surface area contributed by atoms with Crippen molar-refractivity contribution in [2.75, 3.05) is 31.6 Å². The molecular weight excluding hydrogens is 264 g/mol. The van der Waals surface area contributed by atoms with Crippen LogP contribution in [0.2, 0.25) is 0 Å². The molecule has 1 unspecified atom stereocenters. The highest BCUT2D eigenvalue weighted by atomic mass is 16.5. The Morgan fingerprint density at radius 2 is 1.86 bits per heavy atom. The number of nitrogens with zero attached hydrogens (tertiary/aromatic N) is 1.